The number of nitrogens with zero attached hydrogens (tertiary/aromatic N) is 2. The number of esters is 2. The van der Waals surface area contributed by atoms with Crippen LogP contribution in [0.15, 0.2) is 54.6 Å². The maximum atomic E-state index is 11.9. The molecule has 2 aromatic carbocycles. The smallest absolute Gasteiger partial charge is 0.337 e. The Balaban J connectivity index is 1.78. The minimum Gasteiger partial charge on any atom is -0.465 e. The minimum absolute atomic E-state index is 0.207. The lowest BCUT2D eigenvalue weighted by Gasteiger charge is -2.07. The average molecular weight is 456 g/mol. The molecular formula is C22H18ClN3O4S. The highest BCUT2D eigenvalue weighted by molar-refractivity contribution is 7.19. The molecule has 0 amide bonds. The molecule has 31 heavy (non-hydrogen) atoms. The zero-order valence-corrected chi connectivity index (χ0v) is 18.1. The molecule has 0 bridgehead atoms. The molecule has 7 nitrogen and oxygen atoms in total. The number of carbonyl (C=O) groups is 2. The molecule has 0 saturated heterocycles. The van der Waals surface area contributed by atoms with Crippen LogP contribution in [0.5, 0.6) is 5.75 Å². The number of carbonyl (C=O) groups excluding carboxylic acids is 2. The van der Waals surface area contributed by atoms with E-state index in [0.717, 1.165) is 27.0 Å². The van der Waals surface area contributed by atoms with Gasteiger partial charge < -0.3 is 15.2 Å². The number of halogens is 1. The van der Waals surface area contributed by atoms with Gasteiger partial charge in [0, 0.05) is 5.39 Å². The van der Waals surface area contributed by atoms with Gasteiger partial charge in [-0.3, -0.25) is 9.48 Å². The summed E-state index contributed by atoms with van der Waals surface area (Å²) in [7, 11) is 1.35. The molecule has 2 N–H and O–H groups in total. The molecule has 2 heterocycles. The number of benzene rings is 2. The highest BCUT2D eigenvalue weighted by Gasteiger charge is 2.17. The first-order chi connectivity index (χ1) is 15.0. The Kier molecular flexibility index (Phi) is 6.03. The monoisotopic (exact) mass is 455 g/mol. The number of hydrogen-bond donors (Lipinski definition) is 1. The lowest BCUT2D eigenvalue weighted by atomic mass is 10.1. The Hall–Kier alpha value is -3.20. The van der Waals surface area contributed by atoms with Gasteiger partial charge in [-0.1, -0.05) is 23.7 Å². The predicted molar refractivity (Wildman–Crippen MR) is 120 cm³/mol. The number of thiophene rings is 1. The third kappa shape index (κ3) is 4.46. The topological polar surface area (TPSA) is 96.4 Å². The van der Waals surface area contributed by atoms with Crippen molar-refractivity contribution in [1.29, 1.82) is 0 Å². The van der Waals surface area contributed by atoms with Crippen molar-refractivity contribution in [1.82, 2.24) is 9.78 Å². The van der Waals surface area contributed by atoms with Gasteiger partial charge in [0.25, 0.3) is 0 Å². The van der Waals surface area contributed by atoms with Gasteiger partial charge in [-0.25, -0.2) is 4.79 Å². The highest BCUT2D eigenvalue weighted by Crippen LogP contribution is 2.36. The molecule has 0 aliphatic carbocycles. The van der Waals surface area contributed by atoms with E-state index < -0.39 is 11.9 Å². The van der Waals surface area contributed by atoms with Gasteiger partial charge >= 0.3 is 11.9 Å². The first-order valence-corrected chi connectivity index (χ1v) is 10.5. The third-order valence-corrected chi connectivity index (χ3v) is 5.85. The SMILES string of the molecule is COC(=O)c1cccc(Cn2nc(-c3ccc(Cl)s3)c3cc(OC(=O)CN)ccc32)c1. The summed E-state index contributed by atoms with van der Waals surface area (Å²) in [5.41, 5.74) is 8.28. The largest absolute Gasteiger partial charge is 0.465 e. The lowest BCUT2D eigenvalue weighted by Crippen LogP contribution is -2.19. The average Bonchev–Trinajstić information content (AvgIpc) is 3.36. The first-order valence-electron chi connectivity index (χ1n) is 9.32. The Bertz CT molecular complexity index is 1280. The van der Waals surface area contributed by atoms with Crippen LogP contribution in [0, 0.1) is 0 Å². The van der Waals surface area contributed by atoms with Crippen LogP contribution in [-0.2, 0) is 16.1 Å². The van der Waals surface area contributed by atoms with E-state index in [1.165, 1.54) is 18.4 Å². The summed E-state index contributed by atoms with van der Waals surface area (Å²) in [4.78, 5) is 24.4. The van der Waals surface area contributed by atoms with Gasteiger partial charge in [0.1, 0.15) is 11.4 Å². The number of aromatic nitrogens is 2. The van der Waals surface area contributed by atoms with Gasteiger partial charge in [0.2, 0.25) is 0 Å². The summed E-state index contributed by atoms with van der Waals surface area (Å²) < 4.78 is 12.6. The van der Waals surface area contributed by atoms with Crippen LogP contribution in [-0.4, -0.2) is 35.4 Å². The number of hydrogen-bond acceptors (Lipinski definition) is 7. The fraction of sp³-hybridized carbons (Fsp3) is 0.136. The third-order valence-electron chi connectivity index (χ3n) is 4.61. The predicted octanol–water partition coefficient (Wildman–Crippen LogP) is 4.12. The van der Waals surface area contributed by atoms with Crippen molar-refractivity contribution < 1.29 is 19.1 Å². The second-order valence-corrected chi connectivity index (χ2v) is 8.37. The Morgan fingerprint density at radius 3 is 2.71 bits per heavy atom. The lowest BCUT2D eigenvalue weighted by molar-refractivity contribution is -0.132. The normalized spacial score (nSPS) is 10.9. The zero-order valence-electron chi connectivity index (χ0n) is 16.5. The van der Waals surface area contributed by atoms with Gasteiger partial charge in [-0.05, 0) is 48.0 Å². The van der Waals surface area contributed by atoms with Crippen LogP contribution in [0.2, 0.25) is 4.34 Å². The summed E-state index contributed by atoms with van der Waals surface area (Å²) >= 11 is 7.54. The highest BCUT2D eigenvalue weighted by atomic mass is 35.5. The molecule has 4 rings (SSSR count). The number of rotatable bonds is 6. The number of nitrogens with two attached hydrogens (primary N) is 1. The van der Waals surface area contributed by atoms with Crippen molar-refractivity contribution >= 4 is 45.8 Å². The van der Waals surface area contributed by atoms with Crippen LogP contribution < -0.4 is 10.5 Å². The van der Waals surface area contributed by atoms with Gasteiger partial charge in [0.05, 0.1) is 40.5 Å². The molecule has 0 radical (unpaired) electrons. The summed E-state index contributed by atoms with van der Waals surface area (Å²) in [6, 6.07) is 16.2. The molecule has 2 aromatic heterocycles. The van der Waals surface area contributed by atoms with E-state index >= 15 is 0 Å². The fourth-order valence-electron chi connectivity index (χ4n) is 3.23. The van der Waals surface area contributed by atoms with E-state index in [-0.39, 0.29) is 6.54 Å². The van der Waals surface area contributed by atoms with Crippen molar-refractivity contribution in [2.75, 3.05) is 13.7 Å². The summed E-state index contributed by atoms with van der Waals surface area (Å²) in [5, 5.41) is 5.60. The van der Waals surface area contributed by atoms with Crippen LogP contribution >= 0.6 is 22.9 Å². The van der Waals surface area contributed by atoms with Gasteiger partial charge in [-0.15, -0.1) is 11.3 Å². The van der Waals surface area contributed by atoms with Crippen LogP contribution in [0.25, 0.3) is 21.5 Å². The number of methoxy groups -OCH3 is 1. The van der Waals surface area contributed by atoms with Crippen molar-refractivity contribution in [3.8, 4) is 16.3 Å². The molecule has 9 heteroatoms. The van der Waals surface area contributed by atoms with E-state index in [2.05, 4.69) is 0 Å². The molecule has 158 valence electrons. The first kappa shape index (κ1) is 21.0. The fourth-order valence-corrected chi connectivity index (χ4v) is 4.27. The zero-order chi connectivity index (χ0) is 22.0. The van der Waals surface area contributed by atoms with Crippen molar-refractivity contribution in [2.45, 2.75) is 6.54 Å². The van der Waals surface area contributed by atoms with E-state index in [9.17, 15) is 9.59 Å². The molecule has 0 spiro atoms. The Morgan fingerprint density at radius 2 is 2.00 bits per heavy atom. The number of ether oxygens (including phenoxy) is 2. The second kappa shape index (κ2) is 8.89. The maximum Gasteiger partial charge on any atom is 0.337 e. The van der Waals surface area contributed by atoms with Crippen molar-refractivity contribution in [2.24, 2.45) is 5.73 Å². The van der Waals surface area contributed by atoms with Gasteiger partial charge in [-0.2, -0.15) is 5.10 Å². The second-order valence-electron chi connectivity index (χ2n) is 6.66. The van der Waals surface area contributed by atoms with Crippen LogP contribution in [0.1, 0.15) is 15.9 Å². The van der Waals surface area contributed by atoms with E-state index in [0.29, 0.717) is 22.2 Å². The standard InChI is InChI=1S/C22H18ClN3O4S/c1-29-22(28)14-4-2-3-13(9-14)12-26-17-6-5-15(30-20(27)11-24)10-16(17)21(25-26)18-7-8-19(23)31-18/h2-10H,11-12,24H2,1H3. The molecule has 4 aromatic rings. The maximum absolute atomic E-state index is 11.9. The van der Waals surface area contributed by atoms with E-state index in [1.807, 2.05) is 28.9 Å². The minimum atomic E-state index is -0.521. The summed E-state index contributed by atoms with van der Waals surface area (Å²) in [5.74, 6) is -0.529. The molecule has 0 unspecified atom stereocenters. The van der Waals surface area contributed by atoms with Crippen LogP contribution in [0.3, 0.4) is 0 Å². The molecule has 0 fully saturated rings. The van der Waals surface area contributed by atoms with E-state index in [1.54, 1.807) is 30.3 Å². The van der Waals surface area contributed by atoms with Gasteiger partial charge in [0.15, 0.2) is 0 Å². The Labute approximate surface area is 186 Å². The molecular weight excluding hydrogens is 438 g/mol. The molecule has 0 aliphatic heterocycles. The Morgan fingerprint density at radius 1 is 1.16 bits per heavy atom. The molecule has 0 saturated carbocycles. The van der Waals surface area contributed by atoms with E-state index in [4.69, 9.17) is 31.9 Å². The molecule has 0 atom stereocenters. The summed E-state index contributed by atoms with van der Waals surface area (Å²) in [6.07, 6.45) is 0. The van der Waals surface area contributed by atoms with Crippen molar-refractivity contribution in [3.05, 3.63) is 70.1 Å². The quantitative estimate of drug-likeness (QED) is 0.347. The van der Waals surface area contributed by atoms with Crippen LogP contribution in [0.4, 0.5) is 0 Å². The van der Waals surface area contributed by atoms with Crippen molar-refractivity contribution in [3.63, 3.8) is 0 Å². The number of fused-ring (bicyclic) bond motifs is 1. The summed E-state index contributed by atoms with van der Waals surface area (Å²) in [6.45, 7) is 0.226. The molecule has 0 aliphatic rings.